The maximum atomic E-state index is 11.6. The first-order valence-electron chi connectivity index (χ1n) is 4.79. The molecular formula is C10H12N2O3S2. The van der Waals surface area contributed by atoms with E-state index in [1.807, 2.05) is 6.07 Å². The molecule has 1 unspecified atom stereocenters. The summed E-state index contributed by atoms with van der Waals surface area (Å²) in [6.45, 7) is 0. The third-order valence-corrected chi connectivity index (χ3v) is 4.49. The van der Waals surface area contributed by atoms with Crippen LogP contribution in [0.25, 0.3) is 0 Å². The molecule has 5 nitrogen and oxygen atoms in total. The molecule has 0 fully saturated rings. The van der Waals surface area contributed by atoms with Crippen molar-refractivity contribution < 1.29 is 12.6 Å². The molecule has 1 heterocycles. The summed E-state index contributed by atoms with van der Waals surface area (Å²) in [7, 11) is -4.40. The lowest BCUT2D eigenvalue weighted by atomic mass is 10.2. The van der Waals surface area contributed by atoms with Crippen LogP contribution in [0.1, 0.15) is 11.3 Å². The summed E-state index contributed by atoms with van der Waals surface area (Å²) in [6.07, 6.45) is 2.59. The molecule has 92 valence electrons. The Morgan fingerprint density at radius 1 is 1.53 bits per heavy atom. The summed E-state index contributed by atoms with van der Waals surface area (Å²) in [5.41, 5.74) is 0.821. The second kappa shape index (κ2) is 5.89. The standard InChI is InChI=1S/C10H12N2O3S2/c1-17(14,15)6-5-16(13)8-9-3-2-4-12-10(9)7-11/h2-4H,5-6,8H2,1H3. The first-order valence-corrected chi connectivity index (χ1v) is 8.34. The van der Waals surface area contributed by atoms with Gasteiger partial charge in [-0.25, -0.2) is 13.4 Å². The average molecular weight is 272 g/mol. The van der Waals surface area contributed by atoms with E-state index in [0.717, 1.165) is 6.26 Å². The molecule has 0 spiro atoms. The highest BCUT2D eigenvalue weighted by atomic mass is 32.2. The topological polar surface area (TPSA) is 87.9 Å². The van der Waals surface area contributed by atoms with Gasteiger partial charge in [0.15, 0.2) is 0 Å². The fraction of sp³-hybridized carbons (Fsp3) is 0.400. The lowest BCUT2D eigenvalue weighted by Gasteiger charge is -2.03. The minimum atomic E-state index is -3.10. The highest BCUT2D eigenvalue weighted by Gasteiger charge is 2.10. The average Bonchev–Trinajstić information content (AvgIpc) is 2.26. The zero-order valence-corrected chi connectivity index (χ0v) is 10.9. The predicted molar refractivity (Wildman–Crippen MR) is 65.4 cm³/mol. The van der Waals surface area contributed by atoms with Crippen LogP contribution in [0.15, 0.2) is 18.3 Å². The Balaban J connectivity index is 2.66. The number of sulfone groups is 1. The van der Waals surface area contributed by atoms with Crippen LogP contribution in [0.3, 0.4) is 0 Å². The first-order chi connectivity index (χ1) is 7.92. The second-order valence-corrected chi connectivity index (χ2v) is 7.38. The molecule has 7 heteroatoms. The Hall–Kier alpha value is -1.26. The molecule has 0 N–H and O–H groups in total. The van der Waals surface area contributed by atoms with Gasteiger partial charge in [-0.1, -0.05) is 6.07 Å². The molecule has 1 atom stereocenters. The van der Waals surface area contributed by atoms with Gasteiger partial charge < -0.3 is 0 Å². The second-order valence-electron chi connectivity index (χ2n) is 3.54. The van der Waals surface area contributed by atoms with Gasteiger partial charge in [0, 0.05) is 34.6 Å². The van der Waals surface area contributed by atoms with Crippen LogP contribution in [-0.2, 0) is 26.4 Å². The van der Waals surface area contributed by atoms with Gasteiger partial charge in [-0.15, -0.1) is 0 Å². The van der Waals surface area contributed by atoms with Gasteiger partial charge in [0.25, 0.3) is 0 Å². The van der Waals surface area contributed by atoms with Crippen molar-refractivity contribution in [1.29, 1.82) is 5.26 Å². The summed E-state index contributed by atoms with van der Waals surface area (Å²) >= 11 is 0. The van der Waals surface area contributed by atoms with E-state index in [9.17, 15) is 12.6 Å². The zero-order valence-electron chi connectivity index (χ0n) is 9.29. The molecule has 1 aromatic heterocycles. The Labute approximate surface area is 103 Å². The van der Waals surface area contributed by atoms with E-state index in [4.69, 9.17) is 5.26 Å². The van der Waals surface area contributed by atoms with E-state index in [1.165, 1.54) is 6.20 Å². The Morgan fingerprint density at radius 2 is 2.24 bits per heavy atom. The molecular weight excluding hydrogens is 260 g/mol. The maximum Gasteiger partial charge on any atom is 0.148 e. The van der Waals surface area contributed by atoms with Crippen molar-refractivity contribution in [3.63, 3.8) is 0 Å². The van der Waals surface area contributed by atoms with Crippen molar-refractivity contribution in [1.82, 2.24) is 4.98 Å². The molecule has 1 aromatic rings. The third kappa shape index (κ3) is 5.06. The smallest absolute Gasteiger partial charge is 0.148 e. The van der Waals surface area contributed by atoms with Gasteiger partial charge >= 0.3 is 0 Å². The van der Waals surface area contributed by atoms with Gasteiger partial charge in [-0.05, 0) is 6.07 Å². The van der Waals surface area contributed by atoms with E-state index < -0.39 is 20.6 Å². The number of nitriles is 1. The normalized spacial score (nSPS) is 12.9. The van der Waals surface area contributed by atoms with Crippen molar-refractivity contribution in [2.75, 3.05) is 17.8 Å². The highest BCUT2D eigenvalue weighted by molar-refractivity contribution is 7.92. The Morgan fingerprint density at radius 3 is 2.82 bits per heavy atom. The van der Waals surface area contributed by atoms with Gasteiger partial charge in [0.2, 0.25) is 0 Å². The number of hydrogen-bond acceptors (Lipinski definition) is 5. The lowest BCUT2D eigenvalue weighted by Crippen LogP contribution is -2.13. The highest BCUT2D eigenvalue weighted by Crippen LogP contribution is 2.07. The minimum absolute atomic E-state index is 0.0819. The molecule has 0 aliphatic heterocycles. The minimum Gasteiger partial charge on any atom is -0.259 e. The van der Waals surface area contributed by atoms with E-state index >= 15 is 0 Å². The van der Waals surface area contributed by atoms with Crippen LogP contribution >= 0.6 is 0 Å². The van der Waals surface area contributed by atoms with Crippen LogP contribution in [-0.4, -0.2) is 35.4 Å². The molecule has 1 rings (SSSR count). The number of aromatic nitrogens is 1. The first kappa shape index (κ1) is 13.8. The maximum absolute atomic E-state index is 11.6. The van der Waals surface area contributed by atoms with Crippen LogP contribution in [0.4, 0.5) is 0 Å². The molecule has 0 aliphatic carbocycles. The molecule has 17 heavy (non-hydrogen) atoms. The van der Waals surface area contributed by atoms with Crippen LogP contribution in [0, 0.1) is 11.3 Å². The third-order valence-electron chi connectivity index (χ3n) is 2.00. The number of nitrogens with zero attached hydrogens (tertiary/aromatic N) is 2. The lowest BCUT2D eigenvalue weighted by molar-refractivity contribution is 0.602. The van der Waals surface area contributed by atoms with Gasteiger partial charge in [-0.3, -0.25) is 4.21 Å². The SMILES string of the molecule is CS(=O)(=O)CCS(=O)Cc1cccnc1C#N. The van der Waals surface area contributed by atoms with Gasteiger partial charge in [-0.2, -0.15) is 5.26 Å². The summed E-state index contributed by atoms with van der Waals surface area (Å²) in [5, 5.41) is 8.78. The Bertz CT molecular complexity index is 561. The molecule has 0 saturated carbocycles. The quantitative estimate of drug-likeness (QED) is 0.766. The van der Waals surface area contributed by atoms with Crippen molar-refractivity contribution in [2.45, 2.75) is 5.75 Å². The van der Waals surface area contributed by atoms with Crippen molar-refractivity contribution in [2.24, 2.45) is 0 Å². The molecule has 0 bridgehead atoms. The largest absolute Gasteiger partial charge is 0.259 e. The molecule has 0 amide bonds. The van der Waals surface area contributed by atoms with Gasteiger partial charge in [0.05, 0.1) is 11.5 Å². The summed E-state index contributed by atoms with van der Waals surface area (Å²) in [6, 6.07) is 5.24. The summed E-state index contributed by atoms with van der Waals surface area (Å²) in [4.78, 5) is 3.85. The molecule has 0 radical (unpaired) electrons. The van der Waals surface area contributed by atoms with Crippen LogP contribution in [0.5, 0.6) is 0 Å². The van der Waals surface area contributed by atoms with Crippen LogP contribution in [0.2, 0.25) is 0 Å². The summed E-state index contributed by atoms with van der Waals surface area (Å²) in [5.74, 6) is 0.132. The monoisotopic (exact) mass is 272 g/mol. The number of hydrogen-bond donors (Lipinski definition) is 0. The molecule has 0 aliphatic rings. The summed E-state index contributed by atoms with van der Waals surface area (Å²) < 4.78 is 33.5. The van der Waals surface area contributed by atoms with E-state index in [0.29, 0.717) is 5.56 Å². The zero-order chi connectivity index (χ0) is 12.9. The van der Waals surface area contributed by atoms with Crippen LogP contribution < -0.4 is 0 Å². The van der Waals surface area contributed by atoms with E-state index in [2.05, 4.69) is 4.98 Å². The number of rotatable bonds is 5. The van der Waals surface area contributed by atoms with E-state index in [-0.39, 0.29) is 23.0 Å². The van der Waals surface area contributed by atoms with Crippen molar-refractivity contribution in [3.8, 4) is 6.07 Å². The Kier molecular flexibility index (Phi) is 4.78. The molecule has 0 saturated heterocycles. The van der Waals surface area contributed by atoms with Gasteiger partial charge in [0.1, 0.15) is 21.6 Å². The van der Waals surface area contributed by atoms with Crippen molar-refractivity contribution >= 4 is 20.6 Å². The fourth-order valence-electron chi connectivity index (χ4n) is 1.15. The predicted octanol–water partition coefficient (Wildman–Crippen LogP) is 0.247. The van der Waals surface area contributed by atoms with E-state index in [1.54, 1.807) is 12.1 Å². The fourth-order valence-corrected chi connectivity index (χ4v) is 3.82. The molecule has 0 aromatic carbocycles. The number of pyridine rings is 1. The van der Waals surface area contributed by atoms with Crippen molar-refractivity contribution in [3.05, 3.63) is 29.6 Å².